The second-order valence-corrected chi connectivity index (χ2v) is 10.3. The van der Waals surface area contributed by atoms with Gasteiger partial charge in [0.05, 0.1) is 22.8 Å². The molecule has 8 bridgehead atoms. The Morgan fingerprint density at radius 1 is 0.576 bits per heavy atom. The van der Waals surface area contributed by atoms with Crippen molar-refractivity contribution in [3.8, 4) is 0 Å². The van der Waals surface area contributed by atoms with Crippen LogP contribution in [0.3, 0.4) is 0 Å². The number of benzene rings is 1. The molecule has 3 aromatic heterocycles. The molecule has 5 heterocycles. The average Bonchev–Trinajstić information content (AvgIpc) is 3.58. The Labute approximate surface area is 214 Å². The summed E-state index contributed by atoms with van der Waals surface area (Å²) in [6.07, 6.45) is 6.17. The molecule has 0 spiro atoms. The fourth-order valence-electron chi connectivity index (χ4n) is 3.96. The van der Waals surface area contributed by atoms with Crippen LogP contribution < -0.4 is 0 Å². The van der Waals surface area contributed by atoms with Crippen LogP contribution in [0, 0.1) is 0 Å². The lowest BCUT2D eigenvalue weighted by Gasteiger charge is -2.09. The van der Waals surface area contributed by atoms with Gasteiger partial charge in [0.25, 0.3) is 0 Å². The fraction of sp³-hybridized carbons (Fsp3) is 0. The second kappa shape index (κ2) is 8.24. The summed E-state index contributed by atoms with van der Waals surface area (Å²) in [4.78, 5) is 16.6. The lowest BCUT2D eigenvalue weighted by Crippen LogP contribution is -1.89. The number of nitrogens with zero attached hydrogens (tertiary/aromatic N) is 2. The minimum Gasteiger partial charge on any atom is -0.355 e. The Bertz CT molecular complexity index is 1660. The van der Waals surface area contributed by atoms with Gasteiger partial charge < -0.3 is 9.97 Å². The van der Waals surface area contributed by atoms with E-state index in [1.165, 1.54) is 0 Å². The first kappa shape index (κ1) is 20.8. The summed E-state index contributed by atoms with van der Waals surface area (Å²) >= 11 is 11.0. The zero-order chi connectivity index (χ0) is 22.5. The van der Waals surface area contributed by atoms with E-state index in [-0.39, 0.29) is 0 Å². The normalized spacial score (nSPS) is 12.8. The average molecular weight is 623 g/mol. The largest absolute Gasteiger partial charge is 0.355 e. The third-order valence-corrected chi connectivity index (χ3v) is 8.86. The van der Waals surface area contributed by atoms with Gasteiger partial charge >= 0.3 is 0 Å². The van der Waals surface area contributed by atoms with Crippen molar-refractivity contribution in [3.05, 3.63) is 102 Å². The molecular weight excluding hydrogens is 608 g/mol. The molecule has 1 aromatic carbocycles. The molecule has 0 amide bonds. The van der Waals surface area contributed by atoms with E-state index in [1.807, 2.05) is 30.4 Å². The van der Waals surface area contributed by atoms with Crippen molar-refractivity contribution in [2.24, 2.45) is 0 Å². The topological polar surface area (TPSA) is 57.4 Å². The summed E-state index contributed by atoms with van der Waals surface area (Å²) in [5.41, 5.74) is 9.68. The summed E-state index contributed by atoms with van der Waals surface area (Å²) in [7, 11) is 0. The summed E-state index contributed by atoms with van der Waals surface area (Å²) < 4.78 is 2.94. The molecule has 4 aromatic rings. The van der Waals surface area contributed by atoms with E-state index in [4.69, 9.17) is 9.97 Å². The second-order valence-electron chi connectivity index (χ2n) is 7.81. The van der Waals surface area contributed by atoms with Crippen LogP contribution in [0.5, 0.6) is 0 Å². The van der Waals surface area contributed by atoms with Crippen LogP contribution in [0.1, 0.15) is 28.3 Å². The highest BCUT2D eigenvalue weighted by Crippen LogP contribution is 2.40. The lowest BCUT2D eigenvalue weighted by atomic mass is 10.0. The van der Waals surface area contributed by atoms with E-state index in [0.29, 0.717) is 0 Å². The van der Waals surface area contributed by atoms with Crippen molar-refractivity contribution >= 4 is 93.7 Å². The molecule has 4 nitrogen and oxygen atoms in total. The highest BCUT2D eigenvalue weighted by atomic mass is 79.9. The third-order valence-electron chi connectivity index (χ3n) is 5.49. The molecule has 0 fully saturated rings. The third kappa shape index (κ3) is 4.05. The van der Waals surface area contributed by atoms with Crippen LogP contribution in [0.15, 0.2) is 74.1 Å². The van der Waals surface area contributed by atoms with Gasteiger partial charge in [0.15, 0.2) is 0 Å². The molecule has 2 aliphatic rings. The van der Waals surface area contributed by atoms with Crippen molar-refractivity contribution in [1.82, 2.24) is 19.9 Å². The monoisotopic (exact) mass is 620 g/mol. The molecule has 6 rings (SSSR count). The molecule has 0 saturated heterocycles. The van der Waals surface area contributed by atoms with Gasteiger partial charge in [-0.25, -0.2) is 9.97 Å². The fourth-order valence-corrected chi connectivity index (χ4v) is 5.46. The summed E-state index contributed by atoms with van der Waals surface area (Å²) in [5.74, 6) is 0. The van der Waals surface area contributed by atoms with Gasteiger partial charge in [0.1, 0.15) is 0 Å². The number of rotatable bonds is 1. The number of aromatic amines is 2. The number of H-pyrrole nitrogens is 2. The molecule has 2 N–H and O–H groups in total. The van der Waals surface area contributed by atoms with E-state index < -0.39 is 0 Å². The highest BCUT2D eigenvalue weighted by Gasteiger charge is 2.17. The first-order chi connectivity index (χ1) is 16.0. The summed E-state index contributed by atoms with van der Waals surface area (Å²) in [5, 5.41) is 0. The van der Waals surface area contributed by atoms with E-state index >= 15 is 0 Å². The van der Waals surface area contributed by atoms with Crippen LogP contribution in [-0.2, 0) is 0 Å². The van der Waals surface area contributed by atoms with Gasteiger partial charge in [-0.05, 0) is 126 Å². The standard InChI is InChI=1S/C26H15Br3N4/c27-23-8-7-21(25(28)26(23)29)22-12-20-11-18-4-3-16(31-18)9-14-1-2-15(30-14)10-17-5-6-19(32-17)13-24(22)33-20/h1-13,31-32H. The van der Waals surface area contributed by atoms with Gasteiger partial charge in [-0.3, -0.25) is 0 Å². The molecule has 0 unspecified atom stereocenters. The van der Waals surface area contributed by atoms with Crippen LogP contribution in [-0.4, -0.2) is 19.9 Å². The molecule has 0 radical (unpaired) electrons. The lowest BCUT2D eigenvalue weighted by molar-refractivity contribution is 1.30. The van der Waals surface area contributed by atoms with Crippen molar-refractivity contribution in [2.75, 3.05) is 0 Å². The number of halogens is 3. The molecule has 2 aliphatic heterocycles. The van der Waals surface area contributed by atoms with E-state index in [0.717, 1.165) is 69.4 Å². The molecule has 33 heavy (non-hydrogen) atoms. The quantitative estimate of drug-likeness (QED) is 0.181. The number of hydrogen-bond donors (Lipinski definition) is 2. The van der Waals surface area contributed by atoms with Crippen molar-refractivity contribution in [2.45, 2.75) is 0 Å². The van der Waals surface area contributed by atoms with Crippen molar-refractivity contribution in [3.63, 3.8) is 0 Å². The van der Waals surface area contributed by atoms with E-state index in [9.17, 15) is 0 Å². The van der Waals surface area contributed by atoms with Crippen LogP contribution >= 0.6 is 47.8 Å². The maximum atomic E-state index is 4.96. The van der Waals surface area contributed by atoms with E-state index in [1.54, 1.807) is 0 Å². The van der Waals surface area contributed by atoms with Gasteiger partial charge in [-0.1, -0.05) is 6.07 Å². The maximum absolute atomic E-state index is 4.96. The van der Waals surface area contributed by atoms with Crippen LogP contribution in [0.4, 0.5) is 0 Å². The maximum Gasteiger partial charge on any atom is 0.0737 e. The number of fused-ring (bicyclic) bond motifs is 8. The highest BCUT2D eigenvalue weighted by molar-refractivity contribution is 9.14. The Hall–Kier alpha value is -2.74. The van der Waals surface area contributed by atoms with E-state index in [2.05, 4.69) is 106 Å². The molecule has 160 valence electrons. The minimum atomic E-state index is 0.884. The first-order valence-electron chi connectivity index (χ1n) is 10.2. The summed E-state index contributed by atoms with van der Waals surface area (Å²) in [6, 6.07) is 20.6. The van der Waals surface area contributed by atoms with Gasteiger partial charge in [-0.2, -0.15) is 0 Å². The first-order valence-corrected chi connectivity index (χ1v) is 12.6. The Balaban J connectivity index is 1.64. The predicted octanol–water partition coefficient (Wildman–Crippen LogP) is 8.36. The smallest absolute Gasteiger partial charge is 0.0737 e. The molecular formula is C26H15Br3N4. The number of nitrogens with one attached hydrogen (secondary N) is 2. The Morgan fingerprint density at radius 2 is 1.15 bits per heavy atom. The van der Waals surface area contributed by atoms with Gasteiger partial charge in [-0.15, -0.1) is 0 Å². The number of hydrogen-bond acceptors (Lipinski definition) is 2. The molecule has 0 aliphatic carbocycles. The minimum absolute atomic E-state index is 0.884. The molecule has 0 atom stereocenters. The Kier molecular flexibility index (Phi) is 5.20. The summed E-state index contributed by atoms with van der Waals surface area (Å²) in [6.45, 7) is 0. The van der Waals surface area contributed by atoms with Crippen LogP contribution in [0.25, 0.3) is 45.9 Å². The predicted molar refractivity (Wildman–Crippen MR) is 146 cm³/mol. The number of aromatic nitrogens is 4. The zero-order valence-corrected chi connectivity index (χ0v) is 21.8. The van der Waals surface area contributed by atoms with Crippen LogP contribution in [0.2, 0.25) is 0 Å². The van der Waals surface area contributed by atoms with Gasteiger partial charge in [0, 0.05) is 41.1 Å². The molecule has 7 heteroatoms. The Morgan fingerprint density at radius 3 is 1.79 bits per heavy atom. The molecule has 0 saturated carbocycles. The van der Waals surface area contributed by atoms with Gasteiger partial charge in [0.2, 0.25) is 0 Å². The zero-order valence-electron chi connectivity index (χ0n) is 17.0. The SMILES string of the molecule is Brc1ccc(C2=Cc3cc4ccc(cc5nc(cc6ccc(cc2n3)[nH]6)C=C5)[nH]4)c(Br)c1Br. The van der Waals surface area contributed by atoms with Crippen molar-refractivity contribution in [1.29, 1.82) is 0 Å². The van der Waals surface area contributed by atoms with Crippen molar-refractivity contribution < 1.29 is 0 Å².